The fraction of sp³-hybridized carbons (Fsp3) is 0.500. The van der Waals surface area contributed by atoms with Gasteiger partial charge in [-0.3, -0.25) is 14.5 Å². The highest BCUT2D eigenvalue weighted by Gasteiger charge is 2.31. The van der Waals surface area contributed by atoms with E-state index >= 15 is 0 Å². The van der Waals surface area contributed by atoms with E-state index in [0.29, 0.717) is 28.7 Å². The van der Waals surface area contributed by atoms with Crippen molar-refractivity contribution in [3.8, 4) is 0 Å². The van der Waals surface area contributed by atoms with Gasteiger partial charge in [0.2, 0.25) is 5.16 Å². The van der Waals surface area contributed by atoms with E-state index in [0.717, 1.165) is 10.6 Å². The molecule has 2 aromatic heterocycles. The number of nitrogens with zero attached hydrogens (tertiary/aromatic N) is 5. The molecule has 0 bridgehead atoms. The highest BCUT2D eigenvalue weighted by atomic mass is 32.2. The van der Waals surface area contributed by atoms with Crippen molar-refractivity contribution < 1.29 is 19.1 Å². The zero-order valence-electron chi connectivity index (χ0n) is 15.5. The van der Waals surface area contributed by atoms with Crippen LogP contribution in [0.3, 0.4) is 0 Å². The average molecular weight is 392 g/mol. The van der Waals surface area contributed by atoms with Crippen LogP contribution in [0.2, 0.25) is 0 Å². The minimum atomic E-state index is -1.05. The lowest BCUT2D eigenvalue weighted by atomic mass is 10.1. The molecule has 1 aliphatic rings. The number of fused-ring (bicyclic) bond motifs is 1. The molecule has 11 heteroatoms. The van der Waals surface area contributed by atoms with E-state index in [4.69, 9.17) is 4.74 Å². The second kappa shape index (κ2) is 7.51. The Kier molecular flexibility index (Phi) is 5.31. The van der Waals surface area contributed by atoms with Crippen molar-refractivity contribution in [2.24, 2.45) is 0 Å². The molecular weight excluding hydrogens is 372 g/mol. The standard InChI is InChI=1S/C16H20N6O4S/c1-8-11(9(2)22-14(18-8)19-15(20-22)27-4)7-12(23)26-10(3)13(24)21-6-5-17-16(21)25/h10H,5-7H2,1-4H3,(H,17,25). The molecule has 3 rings (SSSR count). The summed E-state index contributed by atoms with van der Waals surface area (Å²) in [5, 5.41) is 7.47. The third-order valence-electron chi connectivity index (χ3n) is 4.31. The minimum absolute atomic E-state index is 0.0567. The highest BCUT2D eigenvalue weighted by Crippen LogP contribution is 2.18. The number of amides is 3. The van der Waals surface area contributed by atoms with Crippen molar-refractivity contribution in [1.82, 2.24) is 29.8 Å². The quantitative estimate of drug-likeness (QED) is 0.577. The maximum absolute atomic E-state index is 12.4. The van der Waals surface area contributed by atoms with Crippen molar-refractivity contribution in [3.05, 3.63) is 17.0 Å². The van der Waals surface area contributed by atoms with E-state index in [1.165, 1.54) is 18.7 Å². The molecule has 1 fully saturated rings. The van der Waals surface area contributed by atoms with Crippen molar-refractivity contribution in [2.45, 2.75) is 38.5 Å². The highest BCUT2D eigenvalue weighted by molar-refractivity contribution is 7.98. The van der Waals surface area contributed by atoms with Crippen molar-refractivity contribution in [3.63, 3.8) is 0 Å². The monoisotopic (exact) mass is 392 g/mol. The predicted molar refractivity (Wildman–Crippen MR) is 96.4 cm³/mol. The molecular formula is C16H20N6O4S. The molecule has 0 radical (unpaired) electrons. The van der Waals surface area contributed by atoms with Crippen LogP contribution in [-0.2, 0) is 20.7 Å². The summed E-state index contributed by atoms with van der Waals surface area (Å²) in [6.07, 6.45) is 0.765. The number of aromatic nitrogens is 4. The Morgan fingerprint density at radius 1 is 1.33 bits per heavy atom. The molecule has 27 heavy (non-hydrogen) atoms. The molecule has 3 amide bonds. The molecule has 1 atom stereocenters. The summed E-state index contributed by atoms with van der Waals surface area (Å²) >= 11 is 1.40. The number of aryl methyl sites for hydroxylation is 2. The van der Waals surface area contributed by atoms with Gasteiger partial charge >= 0.3 is 12.0 Å². The van der Waals surface area contributed by atoms with Crippen LogP contribution in [0, 0.1) is 13.8 Å². The minimum Gasteiger partial charge on any atom is -0.452 e. The van der Waals surface area contributed by atoms with Crippen LogP contribution < -0.4 is 5.32 Å². The number of urea groups is 1. The Balaban J connectivity index is 1.73. The van der Waals surface area contributed by atoms with Crippen LogP contribution in [-0.4, -0.2) is 67.8 Å². The molecule has 144 valence electrons. The molecule has 0 saturated carbocycles. The van der Waals surface area contributed by atoms with Gasteiger partial charge in [-0.05, 0) is 27.0 Å². The molecule has 0 aromatic carbocycles. The van der Waals surface area contributed by atoms with E-state index in [1.54, 1.807) is 11.4 Å². The van der Waals surface area contributed by atoms with Crippen molar-refractivity contribution in [2.75, 3.05) is 19.3 Å². The molecule has 2 aromatic rings. The van der Waals surface area contributed by atoms with Crippen molar-refractivity contribution >= 4 is 35.4 Å². The number of nitrogens with one attached hydrogen (secondary N) is 1. The number of ether oxygens (including phenoxy) is 1. The Morgan fingerprint density at radius 3 is 2.70 bits per heavy atom. The topological polar surface area (TPSA) is 119 Å². The zero-order chi connectivity index (χ0) is 19.7. The smallest absolute Gasteiger partial charge is 0.324 e. The zero-order valence-corrected chi connectivity index (χ0v) is 16.3. The summed E-state index contributed by atoms with van der Waals surface area (Å²) in [6.45, 7) is 5.72. The molecule has 10 nitrogen and oxygen atoms in total. The first-order chi connectivity index (χ1) is 12.8. The molecule has 3 heterocycles. The van der Waals surface area contributed by atoms with Crippen LogP contribution in [0.15, 0.2) is 5.16 Å². The van der Waals surface area contributed by atoms with E-state index in [9.17, 15) is 14.4 Å². The van der Waals surface area contributed by atoms with Crippen LogP contribution in [0.1, 0.15) is 23.9 Å². The molecule has 1 unspecified atom stereocenters. The van der Waals surface area contributed by atoms with Gasteiger partial charge in [0.05, 0.1) is 6.42 Å². The second-order valence-electron chi connectivity index (χ2n) is 6.10. The average Bonchev–Trinajstić information content (AvgIpc) is 3.23. The number of carbonyl (C=O) groups excluding carboxylic acids is 3. The molecule has 1 saturated heterocycles. The lowest BCUT2D eigenvalue weighted by Crippen LogP contribution is -2.42. The van der Waals surface area contributed by atoms with Crippen LogP contribution >= 0.6 is 11.8 Å². The summed E-state index contributed by atoms with van der Waals surface area (Å²) in [4.78, 5) is 45.9. The Labute approximate surface area is 159 Å². The number of hydrogen-bond donors (Lipinski definition) is 1. The molecule has 0 spiro atoms. The summed E-state index contributed by atoms with van der Waals surface area (Å²) in [5.41, 5.74) is 2.05. The largest absolute Gasteiger partial charge is 0.452 e. The third-order valence-corrected chi connectivity index (χ3v) is 4.85. The van der Waals surface area contributed by atoms with Crippen LogP contribution in [0.4, 0.5) is 4.79 Å². The first-order valence-electron chi connectivity index (χ1n) is 8.37. The van der Waals surface area contributed by atoms with Gasteiger partial charge in [-0.25, -0.2) is 14.3 Å². The summed E-state index contributed by atoms with van der Waals surface area (Å²) in [5.74, 6) is -0.649. The molecule has 1 N–H and O–H groups in total. The number of hydrogen-bond acceptors (Lipinski definition) is 8. The lowest BCUT2D eigenvalue weighted by molar-refractivity contribution is -0.156. The van der Waals surface area contributed by atoms with Crippen LogP contribution in [0.5, 0.6) is 0 Å². The number of esters is 1. The number of thioether (sulfide) groups is 1. The Bertz CT molecular complexity index is 927. The fourth-order valence-corrected chi connectivity index (χ4v) is 3.20. The summed E-state index contributed by atoms with van der Waals surface area (Å²) in [6, 6.07) is -0.472. The lowest BCUT2D eigenvalue weighted by Gasteiger charge is -2.18. The predicted octanol–water partition coefficient (Wildman–Crippen LogP) is 0.489. The van der Waals surface area contributed by atoms with Crippen LogP contribution in [0.25, 0.3) is 5.78 Å². The summed E-state index contributed by atoms with van der Waals surface area (Å²) < 4.78 is 6.83. The third kappa shape index (κ3) is 3.72. The van der Waals surface area contributed by atoms with Gasteiger partial charge in [0.25, 0.3) is 11.7 Å². The molecule has 1 aliphatic heterocycles. The van der Waals surface area contributed by atoms with Gasteiger partial charge in [0, 0.05) is 30.0 Å². The van der Waals surface area contributed by atoms with Gasteiger partial charge in [-0.15, -0.1) is 5.10 Å². The second-order valence-corrected chi connectivity index (χ2v) is 6.88. The fourth-order valence-electron chi connectivity index (χ4n) is 2.87. The molecule has 0 aliphatic carbocycles. The van der Waals surface area contributed by atoms with E-state index in [2.05, 4.69) is 20.4 Å². The SMILES string of the molecule is CSc1nc2nc(C)c(CC(=O)OC(C)C(=O)N3CCNC3=O)c(C)n2n1. The Morgan fingerprint density at radius 2 is 2.07 bits per heavy atom. The van der Waals surface area contributed by atoms with E-state index < -0.39 is 24.0 Å². The first-order valence-corrected chi connectivity index (χ1v) is 9.59. The Hall–Kier alpha value is -2.69. The first kappa shape index (κ1) is 19.1. The maximum Gasteiger partial charge on any atom is 0.324 e. The number of rotatable bonds is 5. The maximum atomic E-state index is 12.4. The number of imide groups is 1. The normalized spacial score (nSPS) is 15.1. The summed E-state index contributed by atoms with van der Waals surface area (Å²) in [7, 11) is 0. The van der Waals surface area contributed by atoms with Gasteiger partial charge in [0.15, 0.2) is 6.10 Å². The van der Waals surface area contributed by atoms with E-state index in [1.807, 2.05) is 13.2 Å². The van der Waals surface area contributed by atoms with Gasteiger partial charge < -0.3 is 10.1 Å². The van der Waals surface area contributed by atoms with Crippen molar-refractivity contribution in [1.29, 1.82) is 0 Å². The van der Waals surface area contributed by atoms with E-state index in [-0.39, 0.29) is 13.0 Å². The van der Waals surface area contributed by atoms with Gasteiger partial charge in [-0.2, -0.15) is 4.98 Å². The van der Waals surface area contributed by atoms with Gasteiger partial charge in [-0.1, -0.05) is 11.8 Å². The van der Waals surface area contributed by atoms with Gasteiger partial charge in [0.1, 0.15) is 0 Å². The number of carbonyl (C=O) groups is 3.